The standard InChI is InChI=1S/C56H72N4O11S2/c1-11-50(62)59(10)32-30-57-49(61)22-16-13-17-31-60-47-26-24-42(73(68,69)70)35-46(47)55(7,8)48(60)21-15-12-14-20-40-33-39(44-25-23-41(72(65,66)67)34-45(44)54(40,5)6)19-18-29-58-53(64)56(9)28-27-43-38(4)51(63)36(2)37(3)52(43)71-56/h11-12,14-15,20-21,23-26,33-35,39,63H,1,13,16-19,22,27-32H2,2-10H3,(H,57,61)(H,58,64)(H,65,66,67)(H,68,69,70). The molecule has 3 amide bonds. The van der Waals surface area contributed by atoms with Crippen molar-refractivity contribution in [2.45, 2.75) is 139 Å². The molecule has 6 rings (SSSR count). The highest BCUT2D eigenvalue weighted by Crippen LogP contribution is 2.49. The van der Waals surface area contributed by atoms with Crippen LogP contribution in [0.15, 0.2) is 107 Å². The van der Waals surface area contributed by atoms with Gasteiger partial charge in [0.2, 0.25) is 11.8 Å². The van der Waals surface area contributed by atoms with E-state index in [0.717, 1.165) is 68.7 Å². The molecular formula is C56H72N4O11S2. The molecule has 0 spiro atoms. The molecule has 1 aliphatic carbocycles. The number of hydrogen-bond donors (Lipinski definition) is 5. The number of phenols is 1. The van der Waals surface area contributed by atoms with Crippen LogP contribution < -0.4 is 20.3 Å². The summed E-state index contributed by atoms with van der Waals surface area (Å²) in [6.07, 6.45) is 17.8. The molecular weight excluding hydrogens is 969 g/mol. The number of benzene rings is 3. The van der Waals surface area contributed by atoms with E-state index >= 15 is 0 Å². The number of anilines is 1. The van der Waals surface area contributed by atoms with E-state index in [9.17, 15) is 45.4 Å². The number of amides is 3. The number of carbonyl (C=O) groups is 3. The van der Waals surface area contributed by atoms with Crippen molar-refractivity contribution in [3.63, 3.8) is 0 Å². The molecule has 3 aromatic rings. The number of phenolic OH excluding ortho intramolecular Hbond substituents is 1. The van der Waals surface area contributed by atoms with E-state index in [1.165, 1.54) is 35.2 Å². The Morgan fingerprint density at radius 1 is 0.836 bits per heavy atom. The Hall–Kier alpha value is -6.01. The van der Waals surface area contributed by atoms with Crippen molar-refractivity contribution in [2.24, 2.45) is 0 Å². The molecule has 17 heteroatoms. The molecule has 73 heavy (non-hydrogen) atoms. The number of nitrogens with zero attached hydrogens (tertiary/aromatic N) is 2. The fraction of sp³-hybridized carbons (Fsp3) is 0.446. The zero-order valence-electron chi connectivity index (χ0n) is 43.6. The van der Waals surface area contributed by atoms with Crippen LogP contribution in [0, 0.1) is 20.8 Å². The highest BCUT2D eigenvalue weighted by molar-refractivity contribution is 7.86. The van der Waals surface area contributed by atoms with Gasteiger partial charge in [-0.3, -0.25) is 23.5 Å². The fourth-order valence-corrected chi connectivity index (χ4v) is 11.2. The number of rotatable bonds is 20. The fourth-order valence-electron chi connectivity index (χ4n) is 10.2. The number of unbranched alkanes of at least 4 members (excludes halogenated alkanes) is 2. The van der Waals surface area contributed by atoms with Gasteiger partial charge in [0.15, 0.2) is 5.60 Å². The number of hydrogen-bond acceptors (Lipinski definition) is 10. The summed E-state index contributed by atoms with van der Waals surface area (Å²) in [5, 5.41) is 16.6. The third-order valence-electron chi connectivity index (χ3n) is 15.0. The minimum Gasteiger partial charge on any atom is -0.507 e. The molecule has 3 aliphatic rings. The summed E-state index contributed by atoms with van der Waals surface area (Å²) in [5.74, 6) is 0.212. The van der Waals surface area contributed by atoms with Gasteiger partial charge in [-0.25, -0.2) is 0 Å². The van der Waals surface area contributed by atoms with Gasteiger partial charge in [0.1, 0.15) is 11.5 Å². The van der Waals surface area contributed by atoms with Crippen LogP contribution in [0.2, 0.25) is 0 Å². The summed E-state index contributed by atoms with van der Waals surface area (Å²) in [6, 6.07) is 9.33. The Bertz CT molecular complexity index is 3020. The van der Waals surface area contributed by atoms with Crippen LogP contribution in [0.25, 0.3) is 0 Å². The minimum atomic E-state index is -4.50. The summed E-state index contributed by atoms with van der Waals surface area (Å²) in [7, 11) is -7.32. The average Bonchev–Trinajstić information content (AvgIpc) is 3.54. The number of aromatic hydroxyl groups is 1. The molecule has 0 saturated carbocycles. The Balaban J connectivity index is 1.17. The van der Waals surface area contributed by atoms with Crippen molar-refractivity contribution in [1.29, 1.82) is 0 Å². The highest BCUT2D eigenvalue weighted by Gasteiger charge is 2.42. The molecule has 2 atom stereocenters. The Kier molecular flexibility index (Phi) is 17.1. The number of fused-ring (bicyclic) bond motifs is 3. The van der Waals surface area contributed by atoms with Gasteiger partial charge < -0.3 is 30.3 Å². The van der Waals surface area contributed by atoms with E-state index in [-0.39, 0.29) is 39.2 Å². The molecule has 394 valence electrons. The number of ether oxygens (including phenoxy) is 1. The van der Waals surface area contributed by atoms with Crippen LogP contribution in [0.5, 0.6) is 11.5 Å². The first kappa shape index (κ1) is 56.3. The Labute approximate surface area is 431 Å². The molecule has 3 aromatic carbocycles. The molecule has 5 N–H and O–H groups in total. The lowest BCUT2D eigenvalue weighted by Crippen LogP contribution is -2.51. The first-order valence-electron chi connectivity index (χ1n) is 24.9. The second kappa shape index (κ2) is 22.2. The van der Waals surface area contributed by atoms with Crippen molar-refractivity contribution in [3.05, 3.63) is 136 Å². The van der Waals surface area contributed by atoms with Gasteiger partial charge in [0.05, 0.1) is 9.79 Å². The first-order chi connectivity index (χ1) is 34.1. The van der Waals surface area contributed by atoms with Crippen molar-refractivity contribution < 1.29 is 50.2 Å². The summed E-state index contributed by atoms with van der Waals surface area (Å²) in [6.45, 7) is 20.5. The van der Waals surface area contributed by atoms with Crippen molar-refractivity contribution in [1.82, 2.24) is 15.5 Å². The van der Waals surface area contributed by atoms with E-state index in [1.807, 2.05) is 78.8 Å². The van der Waals surface area contributed by atoms with E-state index in [0.29, 0.717) is 70.5 Å². The maximum atomic E-state index is 13.7. The monoisotopic (exact) mass is 1040 g/mol. The van der Waals surface area contributed by atoms with Gasteiger partial charge in [0, 0.05) is 79.8 Å². The van der Waals surface area contributed by atoms with Gasteiger partial charge >= 0.3 is 0 Å². The molecule has 2 unspecified atom stereocenters. The summed E-state index contributed by atoms with van der Waals surface area (Å²) < 4.78 is 75.6. The predicted octanol–water partition coefficient (Wildman–Crippen LogP) is 8.91. The van der Waals surface area contributed by atoms with Crippen LogP contribution in [0.4, 0.5) is 5.69 Å². The highest BCUT2D eigenvalue weighted by atomic mass is 32.2. The van der Waals surface area contributed by atoms with Crippen LogP contribution in [0.3, 0.4) is 0 Å². The van der Waals surface area contributed by atoms with E-state index in [2.05, 4.69) is 28.2 Å². The SMILES string of the molecule is C=CC(=O)N(C)CCNC(=O)CCCCCN1C(=CC=CC=CC2=CC(CCCNC(=O)C3(C)CCc4c(C)c(O)c(C)c(C)c4O3)c3ccc(S(=O)(=O)O)cc3C2(C)C)C(C)(C)c2cc(S(=O)(=O)O)ccc21. The summed E-state index contributed by atoms with van der Waals surface area (Å²) >= 11 is 0. The van der Waals surface area contributed by atoms with Crippen molar-refractivity contribution in [2.75, 3.05) is 38.1 Å². The number of carbonyl (C=O) groups excluding carboxylic acids is 3. The predicted molar refractivity (Wildman–Crippen MR) is 284 cm³/mol. The number of allylic oxidation sites excluding steroid dienone is 8. The molecule has 2 aliphatic heterocycles. The largest absolute Gasteiger partial charge is 0.507 e. The van der Waals surface area contributed by atoms with E-state index < -0.39 is 36.7 Å². The van der Waals surface area contributed by atoms with Crippen molar-refractivity contribution in [3.8, 4) is 11.5 Å². The van der Waals surface area contributed by atoms with Crippen LogP contribution in [-0.2, 0) is 51.9 Å². The number of nitrogens with one attached hydrogen (secondary N) is 2. The smallest absolute Gasteiger partial charge is 0.294 e. The van der Waals surface area contributed by atoms with Gasteiger partial charge in [-0.05, 0) is 141 Å². The third kappa shape index (κ3) is 12.3. The van der Waals surface area contributed by atoms with Gasteiger partial charge in [-0.15, -0.1) is 0 Å². The van der Waals surface area contributed by atoms with Crippen LogP contribution >= 0.6 is 0 Å². The summed E-state index contributed by atoms with van der Waals surface area (Å²) in [5.41, 5.74) is 5.87. The molecule has 0 radical (unpaired) electrons. The zero-order valence-corrected chi connectivity index (χ0v) is 45.2. The maximum absolute atomic E-state index is 13.7. The molecule has 0 bridgehead atoms. The van der Waals surface area contributed by atoms with Gasteiger partial charge in [-0.2, -0.15) is 16.8 Å². The molecule has 2 heterocycles. The second-order valence-electron chi connectivity index (χ2n) is 20.7. The Morgan fingerprint density at radius 2 is 1.51 bits per heavy atom. The Morgan fingerprint density at radius 3 is 2.18 bits per heavy atom. The topological polar surface area (TPSA) is 220 Å². The van der Waals surface area contributed by atoms with E-state index in [1.54, 1.807) is 26.1 Å². The lowest BCUT2D eigenvalue weighted by atomic mass is 9.67. The quantitative estimate of drug-likeness (QED) is 0.0310. The second-order valence-corrected chi connectivity index (χ2v) is 23.5. The van der Waals surface area contributed by atoms with Gasteiger partial charge in [-0.1, -0.05) is 77.1 Å². The average molecular weight is 1040 g/mol. The number of likely N-dealkylation sites (N-methyl/N-ethyl adjacent to an activating group) is 1. The normalized spacial score (nSPS) is 19.5. The third-order valence-corrected chi connectivity index (χ3v) is 16.7. The van der Waals surface area contributed by atoms with Crippen molar-refractivity contribution >= 4 is 43.6 Å². The van der Waals surface area contributed by atoms with E-state index in [4.69, 9.17) is 4.74 Å². The molecule has 0 aromatic heterocycles. The van der Waals surface area contributed by atoms with Crippen LogP contribution in [-0.4, -0.2) is 92.5 Å². The first-order valence-corrected chi connectivity index (χ1v) is 27.7. The summed E-state index contributed by atoms with van der Waals surface area (Å²) in [4.78, 5) is 41.2. The zero-order chi connectivity index (χ0) is 53.8. The molecule has 15 nitrogen and oxygen atoms in total. The molecule has 0 fully saturated rings. The van der Waals surface area contributed by atoms with Crippen LogP contribution in [0.1, 0.15) is 124 Å². The van der Waals surface area contributed by atoms with Gasteiger partial charge in [0.25, 0.3) is 26.1 Å². The lowest BCUT2D eigenvalue weighted by Gasteiger charge is -2.37. The maximum Gasteiger partial charge on any atom is 0.294 e. The lowest BCUT2D eigenvalue weighted by molar-refractivity contribution is -0.137. The molecule has 0 saturated heterocycles. The minimum absolute atomic E-state index is 0.101.